The van der Waals surface area contributed by atoms with Crippen molar-refractivity contribution in [2.75, 3.05) is 11.9 Å². The van der Waals surface area contributed by atoms with E-state index < -0.39 is 10.0 Å². The van der Waals surface area contributed by atoms with Crippen molar-refractivity contribution >= 4 is 27.5 Å². The standard InChI is InChI=1S/C24H23N3O3S/c28-24(22-13-5-4-10-19(22)16-18-8-2-1-3-9-18)26-20-11-6-12-21(17-20)31(29,30)27-23-14-7-15-25-23/h1-6,8-13,17H,7,14-16H2,(H,25,27)(H,26,28). The first-order valence-electron chi connectivity index (χ1n) is 10.1. The van der Waals surface area contributed by atoms with Crippen molar-refractivity contribution in [2.24, 2.45) is 4.99 Å². The highest BCUT2D eigenvalue weighted by atomic mass is 32.2. The van der Waals surface area contributed by atoms with E-state index in [2.05, 4.69) is 15.0 Å². The first-order chi connectivity index (χ1) is 15.0. The second-order valence-electron chi connectivity index (χ2n) is 7.34. The number of rotatable bonds is 6. The molecule has 1 amide bonds. The molecule has 6 nitrogen and oxygen atoms in total. The van der Waals surface area contributed by atoms with Crippen LogP contribution in [0.25, 0.3) is 0 Å². The Morgan fingerprint density at radius 1 is 0.935 bits per heavy atom. The number of hydrogen-bond acceptors (Lipinski definition) is 4. The Bertz CT molecular complexity index is 1220. The van der Waals surface area contributed by atoms with Crippen LogP contribution in [0.15, 0.2) is 88.8 Å². The molecule has 3 aromatic carbocycles. The molecule has 0 radical (unpaired) electrons. The summed E-state index contributed by atoms with van der Waals surface area (Å²) in [5.41, 5.74) is 2.97. The van der Waals surface area contributed by atoms with Crippen molar-refractivity contribution in [3.8, 4) is 0 Å². The molecule has 1 heterocycles. The summed E-state index contributed by atoms with van der Waals surface area (Å²) in [7, 11) is -3.75. The number of nitrogens with one attached hydrogen (secondary N) is 2. The second-order valence-corrected chi connectivity index (χ2v) is 9.02. The summed E-state index contributed by atoms with van der Waals surface area (Å²) in [5.74, 6) is 0.193. The fourth-order valence-corrected chi connectivity index (χ4v) is 4.62. The maximum absolute atomic E-state index is 13.0. The number of carbonyl (C=O) groups excluding carboxylic acids is 1. The number of carbonyl (C=O) groups is 1. The summed E-state index contributed by atoms with van der Waals surface area (Å²) in [6.45, 7) is 0.635. The van der Waals surface area contributed by atoms with Crippen LogP contribution in [0, 0.1) is 0 Å². The number of hydrogen-bond donors (Lipinski definition) is 2. The zero-order valence-corrected chi connectivity index (χ0v) is 17.7. The van der Waals surface area contributed by atoms with Gasteiger partial charge in [0.1, 0.15) is 5.84 Å². The average molecular weight is 434 g/mol. The Balaban J connectivity index is 1.53. The fourth-order valence-electron chi connectivity index (χ4n) is 3.49. The Morgan fingerprint density at radius 3 is 2.48 bits per heavy atom. The average Bonchev–Trinajstić information content (AvgIpc) is 3.27. The zero-order chi connectivity index (χ0) is 21.7. The van der Waals surface area contributed by atoms with Crippen LogP contribution in [0.4, 0.5) is 5.69 Å². The van der Waals surface area contributed by atoms with Crippen LogP contribution in [0.5, 0.6) is 0 Å². The Labute approximate surface area is 182 Å². The number of sulfonamides is 1. The minimum Gasteiger partial charge on any atom is -0.322 e. The van der Waals surface area contributed by atoms with Gasteiger partial charge in [-0.15, -0.1) is 0 Å². The van der Waals surface area contributed by atoms with E-state index in [9.17, 15) is 13.2 Å². The summed E-state index contributed by atoms with van der Waals surface area (Å²) in [4.78, 5) is 17.2. The largest absolute Gasteiger partial charge is 0.322 e. The normalized spacial score (nSPS) is 13.5. The lowest BCUT2D eigenvalue weighted by atomic mass is 9.99. The van der Waals surface area contributed by atoms with Gasteiger partial charge in [-0.3, -0.25) is 14.5 Å². The second kappa shape index (κ2) is 9.14. The molecule has 0 fully saturated rings. The Hall–Kier alpha value is -3.45. The molecule has 158 valence electrons. The highest BCUT2D eigenvalue weighted by molar-refractivity contribution is 7.90. The molecule has 2 N–H and O–H groups in total. The molecule has 4 rings (SSSR count). The van der Waals surface area contributed by atoms with Crippen LogP contribution >= 0.6 is 0 Å². The summed E-state index contributed by atoms with van der Waals surface area (Å²) >= 11 is 0. The molecule has 1 aliphatic heterocycles. The van der Waals surface area contributed by atoms with Crippen LogP contribution < -0.4 is 10.0 Å². The summed E-state index contributed by atoms with van der Waals surface area (Å²) < 4.78 is 27.8. The molecule has 0 aliphatic carbocycles. The monoisotopic (exact) mass is 433 g/mol. The third-order valence-corrected chi connectivity index (χ3v) is 6.41. The van der Waals surface area contributed by atoms with Gasteiger partial charge >= 0.3 is 0 Å². The van der Waals surface area contributed by atoms with Gasteiger partial charge in [0.05, 0.1) is 4.90 Å². The zero-order valence-electron chi connectivity index (χ0n) is 16.9. The first kappa shape index (κ1) is 20.8. The number of amidine groups is 1. The molecule has 7 heteroatoms. The molecule has 0 bridgehead atoms. The number of anilines is 1. The first-order valence-corrected chi connectivity index (χ1v) is 11.6. The minimum absolute atomic E-state index is 0.0810. The lowest BCUT2D eigenvalue weighted by Gasteiger charge is -2.12. The Morgan fingerprint density at radius 2 is 1.71 bits per heavy atom. The van der Waals surface area contributed by atoms with Gasteiger partial charge in [-0.2, -0.15) is 0 Å². The molecule has 3 aromatic rings. The van der Waals surface area contributed by atoms with Gasteiger partial charge in [0.2, 0.25) is 0 Å². The summed E-state index contributed by atoms with van der Waals surface area (Å²) in [6, 6.07) is 23.6. The van der Waals surface area contributed by atoms with E-state index in [4.69, 9.17) is 0 Å². The van der Waals surface area contributed by atoms with E-state index in [1.165, 1.54) is 12.1 Å². The van der Waals surface area contributed by atoms with E-state index in [1.807, 2.05) is 48.5 Å². The lowest BCUT2D eigenvalue weighted by Crippen LogP contribution is -2.29. The van der Waals surface area contributed by atoms with Gasteiger partial charge < -0.3 is 5.32 Å². The fraction of sp³-hybridized carbons (Fsp3) is 0.167. The van der Waals surface area contributed by atoms with Gasteiger partial charge in [-0.05, 0) is 48.2 Å². The molecule has 0 saturated carbocycles. The SMILES string of the molecule is O=C(Nc1cccc(S(=O)(=O)NC2=NCCC2)c1)c1ccccc1Cc1ccccc1. The maximum Gasteiger partial charge on any atom is 0.262 e. The smallest absolute Gasteiger partial charge is 0.262 e. The molecule has 0 saturated heterocycles. The van der Waals surface area contributed by atoms with Gasteiger partial charge in [0.15, 0.2) is 0 Å². The number of aliphatic imine (C=N–C) groups is 1. The van der Waals surface area contributed by atoms with Crippen molar-refractivity contribution in [1.82, 2.24) is 4.72 Å². The van der Waals surface area contributed by atoms with Gasteiger partial charge in [0, 0.05) is 24.2 Å². The van der Waals surface area contributed by atoms with Crippen LogP contribution in [0.1, 0.15) is 34.3 Å². The molecular formula is C24H23N3O3S. The van der Waals surface area contributed by atoms with Gasteiger partial charge in [-0.1, -0.05) is 54.6 Å². The van der Waals surface area contributed by atoms with Crippen LogP contribution in [-0.2, 0) is 16.4 Å². The number of nitrogens with zero attached hydrogens (tertiary/aromatic N) is 1. The lowest BCUT2D eigenvalue weighted by molar-refractivity contribution is 0.102. The van der Waals surface area contributed by atoms with E-state index in [0.29, 0.717) is 36.5 Å². The summed E-state index contributed by atoms with van der Waals surface area (Å²) in [6.07, 6.45) is 2.09. The van der Waals surface area contributed by atoms with Crippen molar-refractivity contribution < 1.29 is 13.2 Å². The third-order valence-electron chi connectivity index (χ3n) is 5.03. The molecule has 0 aromatic heterocycles. The molecule has 31 heavy (non-hydrogen) atoms. The Kier molecular flexibility index (Phi) is 6.13. The van der Waals surface area contributed by atoms with Gasteiger partial charge in [-0.25, -0.2) is 8.42 Å². The van der Waals surface area contributed by atoms with Crippen LogP contribution in [-0.4, -0.2) is 26.7 Å². The van der Waals surface area contributed by atoms with Gasteiger partial charge in [0.25, 0.3) is 15.9 Å². The van der Waals surface area contributed by atoms with Crippen molar-refractivity contribution in [2.45, 2.75) is 24.2 Å². The predicted octanol–water partition coefficient (Wildman–Crippen LogP) is 4.00. The van der Waals surface area contributed by atoms with Crippen molar-refractivity contribution in [3.63, 3.8) is 0 Å². The highest BCUT2D eigenvalue weighted by Crippen LogP contribution is 2.19. The maximum atomic E-state index is 13.0. The van der Waals surface area contributed by atoms with E-state index in [0.717, 1.165) is 17.5 Å². The molecule has 0 unspecified atom stereocenters. The van der Waals surface area contributed by atoms with Crippen LogP contribution in [0.3, 0.4) is 0 Å². The molecule has 0 spiro atoms. The molecular weight excluding hydrogens is 410 g/mol. The topological polar surface area (TPSA) is 87.6 Å². The van der Waals surface area contributed by atoms with Crippen molar-refractivity contribution in [1.29, 1.82) is 0 Å². The minimum atomic E-state index is -3.75. The quantitative estimate of drug-likeness (QED) is 0.616. The predicted molar refractivity (Wildman–Crippen MR) is 122 cm³/mol. The van der Waals surface area contributed by atoms with E-state index >= 15 is 0 Å². The molecule has 0 atom stereocenters. The highest BCUT2D eigenvalue weighted by Gasteiger charge is 2.19. The summed E-state index contributed by atoms with van der Waals surface area (Å²) in [5, 5.41) is 2.83. The van der Waals surface area contributed by atoms with E-state index in [1.54, 1.807) is 18.2 Å². The van der Waals surface area contributed by atoms with Crippen LogP contribution in [0.2, 0.25) is 0 Å². The van der Waals surface area contributed by atoms with Crippen molar-refractivity contribution in [3.05, 3.63) is 95.6 Å². The number of benzene rings is 3. The third kappa shape index (κ3) is 5.19. The number of amides is 1. The van der Waals surface area contributed by atoms with E-state index in [-0.39, 0.29) is 10.8 Å². The molecule has 1 aliphatic rings.